The van der Waals surface area contributed by atoms with Gasteiger partial charge in [-0.25, -0.2) is 0 Å². The summed E-state index contributed by atoms with van der Waals surface area (Å²) in [6, 6.07) is 8.35. The van der Waals surface area contributed by atoms with Crippen LogP contribution in [0.15, 0.2) is 29.3 Å². The topological polar surface area (TPSA) is 33.6 Å². The van der Waals surface area contributed by atoms with Gasteiger partial charge < -0.3 is 10.1 Å². The first-order chi connectivity index (χ1) is 8.40. The third-order valence-electron chi connectivity index (χ3n) is 3.47. The fourth-order valence-electron chi connectivity index (χ4n) is 2.73. The summed E-state index contributed by atoms with van der Waals surface area (Å²) in [5.41, 5.74) is 1.29. The van der Waals surface area contributed by atoms with Crippen LogP contribution in [0.2, 0.25) is 0 Å². The highest BCUT2D eigenvalue weighted by atomic mass is 16.5. The van der Waals surface area contributed by atoms with Crippen LogP contribution in [0.5, 0.6) is 5.75 Å². The maximum atomic E-state index is 6.05. The van der Waals surface area contributed by atoms with Crippen molar-refractivity contribution in [3.8, 4) is 5.75 Å². The van der Waals surface area contributed by atoms with E-state index < -0.39 is 0 Å². The lowest BCUT2D eigenvalue weighted by atomic mass is 9.92. The van der Waals surface area contributed by atoms with E-state index in [1.54, 1.807) is 0 Å². The Morgan fingerprint density at radius 2 is 2.29 bits per heavy atom. The van der Waals surface area contributed by atoms with Crippen molar-refractivity contribution in [1.82, 2.24) is 5.32 Å². The molecule has 1 aromatic rings. The van der Waals surface area contributed by atoms with Gasteiger partial charge in [0.2, 0.25) is 0 Å². The standard InChI is InChI=1S/C14H18N2O/c1-2-5-12-13(14-15-8-9-16-14)10-6-3-4-7-11(10)17-12/h3-4,6-7,12-13H,2,5,8-9H2,1H3,(H,15,16). The van der Waals surface area contributed by atoms with Crippen LogP contribution in [0.4, 0.5) is 0 Å². The highest BCUT2D eigenvalue weighted by Gasteiger charge is 2.37. The zero-order valence-corrected chi connectivity index (χ0v) is 10.1. The molecule has 0 spiro atoms. The fraction of sp³-hybridized carbons (Fsp3) is 0.500. The lowest BCUT2D eigenvalue weighted by Crippen LogP contribution is -2.32. The van der Waals surface area contributed by atoms with Gasteiger partial charge in [0.25, 0.3) is 0 Å². The first-order valence-electron chi connectivity index (χ1n) is 6.44. The van der Waals surface area contributed by atoms with Crippen molar-refractivity contribution in [3.05, 3.63) is 29.8 Å². The highest BCUT2D eigenvalue weighted by Crippen LogP contribution is 2.40. The van der Waals surface area contributed by atoms with Crippen LogP contribution in [0, 0.1) is 0 Å². The lowest BCUT2D eigenvalue weighted by Gasteiger charge is -2.18. The first-order valence-corrected chi connectivity index (χ1v) is 6.44. The van der Waals surface area contributed by atoms with Crippen LogP contribution >= 0.6 is 0 Å². The van der Waals surface area contributed by atoms with Gasteiger partial charge >= 0.3 is 0 Å². The van der Waals surface area contributed by atoms with E-state index in [9.17, 15) is 0 Å². The van der Waals surface area contributed by atoms with Crippen LogP contribution in [-0.2, 0) is 0 Å². The maximum Gasteiger partial charge on any atom is 0.123 e. The number of benzene rings is 1. The Morgan fingerprint density at radius 1 is 1.41 bits per heavy atom. The third-order valence-corrected chi connectivity index (χ3v) is 3.47. The predicted molar refractivity (Wildman–Crippen MR) is 68.8 cm³/mol. The SMILES string of the molecule is CCCC1Oc2ccccc2C1C1=NCCN1. The lowest BCUT2D eigenvalue weighted by molar-refractivity contribution is 0.211. The van der Waals surface area contributed by atoms with Crippen LogP contribution in [-0.4, -0.2) is 25.0 Å². The second-order valence-corrected chi connectivity index (χ2v) is 4.65. The normalized spacial score (nSPS) is 26.1. The fourth-order valence-corrected chi connectivity index (χ4v) is 2.73. The molecule has 0 aromatic heterocycles. The Hall–Kier alpha value is -1.51. The van der Waals surface area contributed by atoms with Crippen molar-refractivity contribution < 1.29 is 4.74 Å². The van der Waals surface area contributed by atoms with E-state index in [4.69, 9.17) is 4.74 Å². The smallest absolute Gasteiger partial charge is 0.123 e. The molecule has 0 bridgehead atoms. The third kappa shape index (κ3) is 1.79. The number of para-hydroxylation sites is 1. The van der Waals surface area contributed by atoms with Crippen LogP contribution in [0.3, 0.4) is 0 Å². The zero-order chi connectivity index (χ0) is 11.7. The molecule has 0 aliphatic carbocycles. The molecule has 0 amide bonds. The minimum absolute atomic E-state index is 0.252. The maximum absolute atomic E-state index is 6.05. The summed E-state index contributed by atoms with van der Waals surface area (Å²) in [6.07, 6.45) is 2.48. The van der Waals surface area contributed by atoms with Gasteiger partial charge in [0.1, 0.15) is 17.7 Å². The van der Waals surface area contributed by atoms with Gasteiger partial charge in [0.15, 0.2) is 0 Å². The van der Waals surface area contributed by atoms with Gasteiger partial charge in [-0.2, -0.15) is 0 Å². The molecule has 1 N–H and O–H groups in total. The minimum atomic E-state index is 0.252. The van der Waals surface area contributed by atoms with Crippen LogP contribution in [0.1, 0.15) is 31.2 Å². The highest BCUT2D eigenvalue weighted by molar-refractivity contribution is 5.92. The van der Waals surface area contributed by atoms with E-state index in [1.165, 1.54) is 5.56 Å². The molecular weight excluding hydrogens is 212 g/mol. The van der Waals surface area contributed by atoms with Crippen molar-refractivity contribution in [2.75, 3.05) is 13.1 Å². The number of fused-ring (bicyclic) bond motifs is 1. The van der Waals surface area contributed by atoms with Crippen LogP contribution in [0.25, 0.3) is 0 Å². The number of hydrogen-bond donors (Lipinski definition) is 1. The van der Waals surface area contributed by atoms with E-state index in [-0.39, 0.29) is 6.10 Å². The molecule has 1 aromatic carbocycles. The molecule has 2 aliphatic heterocycles. The van der Waals surface area contributed by atoms with E-state index in [0.717, 1.165) is 37.5 Å². The number of nitrogens with zero attached hydrogens (tertiary/aromatic N) is 1. The number of rotatable bonds is 3. The molecule has 3 rings (SSSR count). The summed E-state index contributed by atoms with van der Waals surface area (Å²) in [6.45, 7) is 4.06. The Kier molecular flexibility index (Phi) is 2.75. The number of nitrogens with one attached hydrogen (secondary N) is 1. The van der Waals surface area contributed by atoms with Crippen molar-refractivity contribution in [2.24, 2.45) is 4.99 Å². The summed E-state index contributed by atoms with van der Waals surface area (Å²) >= 11 is 0. The van der Waals surface area contributed by atoms with Gasteiger partial charge in [0.05, 0.1) is 12.5 Å². The van der Waals surface area contributed by atoms with E-state index in [2.05, 4.69) is 35.4 Å². The molecule has 2 aliphatic rings. The summed E-state index contributed by atoms with van der Waals surface area (Å²) in [5.74, 6) is 2.47. The predicted octanol–water partition coefficient (Wildman–Crippen LogP) is 2.33. The van der Waals surface area contributed by atoms with Crippen molar-refractivity contribution in [1.29, 1.82) is 0 Å². The molecule has 17 heavy (non-hydrogen) atoms. The van der Waals surface area contributed by atoms with Crippen LogP contribution < -0.4 is 10.1 Å². The van der Waals surface area contributed by atoms with Crippen molar-refractivity contribution in [3.63, 3.8) is 0 Å². The molecule has 0 radical (unpaired) electrons. The van der Waals surface area contributed by atoms with Crippen molar-refractivity contribution >= 4 is 5.84 Å². The zero-order valence-electron chi connectivity index (χ0n) is 10.1. The second kappa shape index (κ2) is 4.40. The summed E-state index contributed by atoms with van der Waals surface area (Å²) in [4.78, 5) is 4.57. The second-order valence-electron chi connectivity index (χ2n) is 4.65. The monoisotopic (exact) mass is 230 g/mol. The first kappa shape index (κ1) is 10.6. The molecule has 2 heterocycles. The van der Waals surface area contributed by atoms with Gasteiger partial charge in [-0.05, 0) is 12.5 Å². The van der Waals surface area contributed by atoms with E-state index in [1.807, 2.05) is 6.07 Å². The van der Waals surface area contributed by atoms with E-state index >= 15 is 0 Å². The number of amidine groups is 1. The average Bonchev–Trinajstić information content (AvgIpc) is 2.94. The molecule has 3 heteroatoms. The molecule has 90 valence electrons. The van der Waals surface area contributed by atoms with Gasteiger partial charge in [-0.15, -0.1) is 0 Å². The molecule has 2 atom stereocenters. The number of ether oxygens (including phenoxy) is 1. The number of aliphatic imine (C=N–C) groups is 1. The van der Waals surface area contributed by atoms with Gasteiger partial charge in [0, 0.05) is 12.1 Å². The molecule has 0 saturated heterocycles. The summed E-state index contributed by atoms with van der Waals surface area (Å²) < 4.78 is 6.05. The molecule has 2 unspecified atom stereocenters. The molecule has 0 fully saturated rings. The quantitative estimate of drug-likeness (QED) is 0.864. The summed E-state index contributed by atoms with van der Waals surface area (Å²) in [7, 11) is 0. The average molecular weight is 230 g/mol. The molecular formula is C14H18N2O. The van der Waals surface area contributed by atoms with Gasteiger partial charge in [-0.1, -0.05) is 31.5 Å². The Morgan fingerprint density at radius 3 is 3.06 bits per heavy atom. The Bertz CT molecular complexity index is 442. The van der Waals surface area contributed by atoms with E-state index in [0.29, 0.717) is 5.92 Å². The molecule has 0 saturated carbocycles. The molecule has 3 nitrogen and oxygen atoms in total. The van der Waals surface area contributed by atoms with Gasteiger partial charge in [-0.3, -0.25) is 4.99 Å². The minimum Gasteiger partial charge on any atom is -0.489 e. The largest absolute Gasteiger partial charge is 0.489 e. The summed E-state index contributed by atoms with van der Waals surface area (Å²) in [5, 5.41) is 3.40. The van der Waals surface area contributed by atoms with Crippen molar-refractivity contribution in [2.45, 2.75) is 31.8 Å². The number of hydrogen-bond acceptors (Lipinski definition) is 3. The Balaban J connectivity index is 1.95. The Labute approximate surface area is 102 Å².